The fourth-order valence-electron chi connectivity index (χ4n) is 3.57. The molecule has 4 rings (SSSR count). The van der Waals surface area contributed by atoms with E-state index in [0.29, 0.717) is 18.1 Å². The molecule has 0 aliphatic rings. The van der Waals surface area contributed by atoms with Crippen molar-refractivity contribution in [1.29, 1.82) is 0 Å². The number of fused-ring (bicyclic) bond motifs is 1. The predicted molar refractivity (Wildman–Crippen MR) is 116 cm³/mol. The fourth-order valence-corrected chi connectivity index (χ4v) is 3.69. The summed E-state index contributed by atoms with van der Waals surface area (Å²) in [6.45, 7) is 1.12. The molecular weight excluding hydrogens is 384 g/mol. The summed E-state index contributed by atoms with van der Waals surface area (Å²) in [6, 6.07) is 24.7. The Kier molecular flexibility index (Phi) is 5.65. The Hall–Kier alpha value is -3.08. The molecule has 0 saturated carbocycles. The highest BCUT2D eigenvalue weighted by Gasteiger charge is 2.24. The third kappa shape index (κ3) is 4.34. The van der Waals surface area contributed by atoms with E-state index in [0.717, 1.165) is 22.0 Å². The van der Waals surface area contributed by atoms with Crippen molar-refractivity contribution in [2.75, 3.05) is 0 Å². The minimum absolute atomic E-state index is 0.437. The van der Waals surface area contributed by atoms with Crippen LogP contribution >= 0.6 is 11.6 Å². The van der Waals surface area contributed by atoms with E-state index >= 15 is 0 Å². The molecule has 1 aromatic heterocycles. The van der Waals surface area contributed by atoms with Gasteiger partial charge in [-0.3, -0.25) is 10.1 Å². The Morgan fingerprint density at radius 3 is 2.34 bits per heavy atom. The number of aliphatic carboxylic acids is 1. The van der Waals surface area contributed by atoms with Crippen molar-refractivity contribution in [3.63, 3.8) is 0 Å². The molecule has 0 amide bonds. The predicted octanol–water partition coefficient (Wildman–Crippen LogP) is 5.26. The van der Waals surface area contributed by atoms with Crippen molar-refractivity contribution in [1.82, 2.24) is 9.88 Å². The first-order valence-electron chi connectivity index (χ1n) is 9.44. The van der Waals surface area contributed by atoms with Gasteiger partial charge in [-0.05, 0) is 29.3 Å². The van der Waals surface area contributed by atoms with Gasteiger partial charge in [0.05, 0.1) is 0 Å². The first-order valence-corrected chi connectivity index (χ1v) is 9.82. The number of hydrogen-bond donors (Lipinski definition) is 2. The summed E-state index contributed by atoms with van der Waals surface area (Å²) in [4.78, 5) is 12.1. The van der Waals surface area contributed by atoms with Gasteiger partial charge in [0.2, 0.25) is 0 Å². The molecule has 3 aromatic carbocycles. The number of hydrogen-bond acceptors (Lipinski definition) is 2. The molecule has 1 atom stereocenters. The Bertz CT molecular complexity index is 1120. The first-order chi connectivity index (χ1) is 14.1. The summed E-state index contributed by atoms with van der Waals surface area (Å²) >= 11 is 5.94. The maximum atomic E-state index is 12.1. The number of benzene rings is 3. The number of para-hydroxylation sites is 1. The Labute approximate surface area is 174 Å². The molecule has 4 aromatic rings. The lowest BCUT2D eigenvalue weighted by Gasteiger charge is -2.14. The second kappa shape index (κ2) is 8.52. The Balaban J connectivity index is 1.66. The van der Waals surface area contributed by atoms with Crippen LogP contribution in [0.3, 0.4) is 0 Å². The molecule has 0 fully saturated rings. The first kappa shape index (κ1) is 19.2. The zero-order valence-electron chi connectivity index (χ0n) is 15.8. The minimum Gasteiger partial charge on any atom is -0.480 e. The molecule has 0 aliphatic heterocycles. The zero-order valence-corrected chi connectivity index (χ0v) is 16.5. The smallest absolute Gasteiger partial charge is 0.325 e. The topological polar surface area (TPSA) is 54.3 Å². The van der Waals surface area contributed by atoms with Crippen LogP contribution in [0, 0.1) is 0 Å². The molecule has 2 N–H and O–H groups in total. The number of rotatable bonds is 7. The highest BCUT2D eigenvalue weighted by atomic mass is 35.5. The molecular formula is C24H21ClN2O2. The molecule has 5 heteroatoms. The van der Waals surface area contributed by atoms with E-state index in [1.165, 1.54) is 5.56 Å². The second-order valence-corrected chi connectivity index (χ2v) is 7.43. The van der Waals surface area contributed by atoms with E-state index < -0.39 is 12.0 Å². The van der Waals surface area contributed by atoms with Crippen molar-refractivity contribution >= 4 is 28.5 Å². The monoisotopic (exact) mass is 404 g/mol. The number of aromatic nitrogens is 1. The highest BCUT2D eigenvalue weighted by molar-refractivity contribution is 6.30. The fraction of sp³-hybridized carbons (Fsp3) is 0.125. The summed E-state index contributed by atoms with van der Waals surface area (Å²) in [5.41, 5.74) is 3.93. The lowest BCUT2D eigenvalue weighted by atomic mass is 10.1. The maximum Gasteiger partial charge on any atom is 0.325 e. The Morgan fingerprint density at radius 1 is 0.931 bits per heavy atom. The number of nitrogens with one attached hydrogen (secondary N) is 1. The van der Waals surface area contributed by atoms with Gasteiger partial charge in [-0.15, -0.1) is 0 Å². The number of carboxylic acid groups (broad SMARTS) is 1. The van der Waals surface area contributed by atoms with Gasteiger partial charge in [0.15, 0.2) is 0 Å². The van der Waals surface area contributed by atoms with Crippen molar-refractivity contribution < 1.29 is 9.90 Å². The van der Waals surface area contributed by atoms with Crippen LogP contribution in [0.25, 0.3) is 10.9 Å². The van der Waals surface area contributed by atoms with E-state index in [2.05, 4.69) is 22.0 Å². The summed E-state index contributed by atoms with van der Waals surface area (Å²) in [6.07, 6.45) is 1.95. The van der Waals surface area contributed by atoms with E-state index in [9.17, 15) is 9.90 Å². The summed E-state index contributed by atoms with van der Waals surface area (Å²) in [7, 11) is 0. The Morgan fingerprint density at radius 2 is 1.62 bits per heavy atom. The number of carbonyl (C=O) groups is 1. The minimum atomic E-state index is -0.901. The molecule has 4 nitrogen and oxygen atoms in total. The summed E-state index contributed by atoms with van der Waals surface area (Å²) in [5.74, 6) is -0.901. The van der Waals surface area contributed by atoms with Gasteiger partial charge in [-0.2, -0.15) is 0 Å². The normalized spacial score (nSPS) is 12.2. The molecule has 0 aliphatic carbocycles. The van der Waals surface area contributed by atoms with Crippen molar-refractivity contribution in [3.8, 4) is 0 Å². The second-order valence-electron chi connectivity index (χ2n) is 6.99. The van der Waals surface area contributed by atoms with Crippen molar-refractivity contribution in [3.05, 3.63) is 107 Å². The lowest BCUT2D eigenvalue weighted by molar-refractivity contribution is -0.139. The summed E-state index contributed by atoms with van der Waals surface area (Å²) < 4.78 is 2.11. The van der Waals surface area contributed by atoms with Gasteiger partial charge in [-0.25, -0.2) is 0 Å². The van der Waals surface area contributed by atoms with Crippen LogP contribution in [0.5, 0.6) is 0 Å². The third-order valence-electron chi connectivity index (χ3n) is 5.00. The number of nitrogens with zero attached hydrogens (tertiary/aromatic N) is 1. The number of carboxylic acids is 1. The van der Waals surface area contributed by atoms with Crippen LogP contribution in [0.4, 0.5) is 0 Å². The lowest BCUT2D eigenvalue weighted by Crippen LogP contribution is -2.28. The standard InChI is InChI=1S/C24H21ClN2O2/c25-19-12-10-17(11-13-19)14-26-23(24(28)29)21-16-27(15-18-6-2-1-3-7-18)22-9-5-4-8-20(21)22/h1-13,16,23,26H,14-15H2,(H,28,29). The highest BCUT2D eigenvalue weighted by Crippen LogP contribution is 2.28. The van der Waals surface area contributed by atoms with Crippen LogP contribution in [0.1, 0.15) is 22.7 Å². The van der Waals surface area contributed by atoms with Gasteiger partial charge in [0.25, 0.3) is 0 Å². The van der Waals surface area contributed by atoms with Crippen LogP contribution in [-0.2, 0) is 17.9 Å². The van der Waals surface area contributed by atoms with E-state index in [1.807, 2.05) is 60.8 Å². The molecule has 1 unspecified atom stereocenters. The quantitative estimate of drug-likeness (QED) is 0.442. The molecule has 146 valence electrons. The van der Waals surface area contributed by atoms with Gasteiger partial charge in [-0.1, -0.05) is 72.3 Å². The molecule has 0 bridgehead atoms. The van der Waals surface area contributed by atoms with Gasteiger partial charge in [0.1, 0.15) is 6.04 Å². The third-order valence-corrected chi connectivity index (χ3v) is 5.25. The molecule has 29 heavy (non-hydrogen) atoms. The van der Waals surface area contributed by atoms with Crippen LogP contribution in [0.2, 0.25) is 5.02 Å². The van der Waals surface area contributed by atoms with E-state index in [-0.39, 0.29) is 0 Å². The van der Waals surface area contributed by atoms with Crippen LogP contribution in [-0.4, -0.2) is 15.6 Å². The average Bonchev–Trinajstić information content (AvgIpc) is 3.08. The zero-order chi connectivity index (χ0) is 20.2. The van der Waals surface area contributed by atoms with Crippen LogP contribution in [0.15, 0.2) is 85.1 Å². The van der Waals surface area contributed by atoms with Crippen LogP contribution < -0.4 is 5.32 Å². The van der Waals surface area contributed by atoms with Crippen molar-refractivity contribution in [2.24, 2.45) is 0 Å². The molecule has 0 radical (unpaired) electrons. The SMILES string of the molecule is O=C(O)C(NCc1ccc(Cl)cc1)c1cn(Cc2ccccc2)c2ccccc12. The molecule has 0 saturated heterocycles. The van der Waals surface area contributed by atoms with E-state index in [4.69, 9.17) is 11.6 Å². The average molecular weight is 405 g/mol. The van der Waals surface area contributed by atoms with Crippen molar-refractivity contribution in [2.45, 2.75) is 19.1 Å². The number of halogens is 1. The molecule has 0 spiro atoms. The van der Waals surface area contributed by atoms with Gasteiger partial charge < -0.3 is 9.67 Å². The van der Waals surface area contributed by atoms with Gasteiger partial charge in [0, 0.05) is 40.8 Å². The van der Waals surface area contributed by atoms with E-state index in [1.54, 1.807) is 12.1 Å². The summed E-state index contributed by atoms with van der Waals surface area (Å²) in [5, 5.41) is 14.7. The molecule has 1 heterocycles. The largest absolute Gasteiger partial charge is 0.480 e. The van der Waals surface area contributed by atoms with Gasteiger partial charge >= 0.3 is 5.97 Å². The maximum absolute atomic E-state index is 12.1.